The molecule has 0 saturated heterocycles. The fraction of sp³-hybridized carbons (Fsp3) is 0.778. The highest BCUT2D eigenvalue weighted by molar-refractivity contribution is 4.95. The first-order chi connectivity index (χ1) is 4.29. The third-order valence-electron chi connectivity index (χ3n) is 2.82. The zero-order valence-corrected chi connectivity index (χ0v) is 6.43. The Morgan fingerprint density at radius 3 is 2.67 bits per heavy atom. The molecule has 0 aromatic heterocycles. The second-order valence-corrected chi connectivity index (χ2v) is 3.16. The molecule has 1 saturated carbocycles. The first-order valence-corrected chi connectivity index (χ1v) is 3.92. The Bertz CT molecular complexity index is 105. The molecule has 1 aliphatic carbocycles. The molecule has 1 fully saturated rings. The summed E-state index contributed by atoms with van der Waals surface area (Å²) in [6.45, 7) is 8.42. The predicted octanol–water partition coefficient (Wildman–Crippen LogP) is 2.85. The molecule has 3 atom stereocenters. The molecule has 9 heavy (non-hydrogen) atoms. The van der Waals surface area contributed by atoms with E-state index in [9.17, 15) is 0 Å². The lowest BCUT2D eigenvalue weighted by Gasteiger charge is -2.40. The third-order valence-corrected chi connectivity index (χ3v) is 2.82. The van der Waals surface area contributed by atoms with E-state index >= 15 is 0 Å². The molecular formula is C9H16. The molecule has 0 amide bonds. The van der Waals surface area contributed by atoms with Gasteiger partial charge in [-0.05, 0) is 24.2 Å². The van der Waals surface area contributed by atoms with Crippen molar-refractivity contribution in [2.45, 2.75) is 26.7 Å². The van der Waals surface area contributed by atoms with Gasteiger partial charge in [-0.2, -0.15) is 0 Å². The molecule has 1 rings (SSSR count). The van der Waals surface area contributed by atoms with Gasteiger partial charge in [-0.3, -0.25) is 0 Å². The lowest BCUT2D eigenvalue weighted by molar-refractivity contribution is 0.123. The zero-order valence-electron chi connectivity index (χ0n) is 6.43. The van der Waals surface area contributed by atoms with Gasteiger partial charge in [0.2, 0.25) is 0 Å². The summed E-state index contributed by atoms with van der Waals surface area (Å²) in [7, 11) is 0. The van der Waals surface area contributed by atoms with Gasteiger partial charge in [-0.1, -0.05) is 26.3 Å². The van der Waals surface area contributed by atoms with Gasteiger partial charge < -0.3 is 0 Å². The van der Waals surface area contributed by atoms with Crippen molar-refractivity contribution >= 4 is 0 Å². The van der Waals surface area contributed by atoms with Crippen LogP contribution in [0.3, 0.4) is 0 Å². The second-order valence-electron chi connectivity index (χ2n) is 3.16. The Morgan fingerprint density at radius 1 is 1.67 bits per heavy atom. The Hall–Kier alpha value is -0.260. The quantitative estimate of drug-likeness (QED) is 0.496. The Morgan fingerprint density at radius 2 is 2.33 bits per heavy atom. The number of allylic oxidation sites excluding steroid dienone is 1. The number of hydrogen-bond donors (Lipinski definition) is 0. The van der Waals surface area contributed by atoms with E-state index in [2.05, 4.69) is 26.5 Å². The van der Waals surface area contributed by atoms with Crippen LogP contribution in [0.1, 0.15) is 26.7 Å². The van der Waals surface area contributed by atoms with Gasteiger partial charge in [0.25, 0.3) is 0 Å². The van der Waals surface area contributed by atoms with Gasteiger partial charge in [0.15, 0.2) is 0 Å². The van der Waals surface area contributed by atoms with Gasteiger partial charge in [-0.25, -0.2) is 0 Å². The van der Waals surface area contributed by atoms with Gasteiger partial charge >= 0.3 is 0 Å². The highest BCUT2D eigenvalue weighted by atomic mass is 14.4. The van der Waals surface area contributed by atoms with Crippen molar-refractivity contribution < 1.29 is 0 Å². The molecule has 0 nitrogen and oxygen atoms in total. The Balaban J connectivity index is 2.32. The lowest BCUT2D eigenvalue weighted by atomic mass is 9.65. The second kappa shape index (κ2) is 2.55. The van der Waals surface area contributed by atoms with Gasteiger partial charge in [0.1, 0.15) is 0 Å². The summed E-state index contributed by atoms with van der Waals surface area (Å²) < 4.78 is 0. The highest BCUT2D eigenvalue weighted by Gasteiger charge is 2.33. The average Bonchev–Trinajstić information content (AvgIpc) is 1.87. The van der Waals surface area contributed by atoms with Crippen molar-refractivity contribution in [3.63, 3.8) is 0 Å². The SMILES string of the molecule is C=CC1CC(CC)C1C. The normalized spacial score (nSPS) is 41.8. The van der Waals surface area contributed by atoms with Gasteiger partial charge in [-0.15, -0.1) is 6.58 Å². The van der Waals surface area contributed by atoms with Crippen LogP contribution in [0.4, 0.5) is 0 Å². The van der Waals surface area contributed by atoms with Gasteiger partial charge in [0.05, 0.1) is 0 Å². The molecule has 0 spiro atoms. The molecule has 0 heteroatoms. The van der Waals surface area contributed by atoms with Crippen molar-refractivity contribution in [3.05, 3.63) is 12.7 Å². The molecule has 0 heterocycles. The van der Waals surface area contributed by atoms with Crippen LogP contribution >= 0.6 is 0 Å². The van der Waals surface area contributed by atoms with Crippen LogP contribution in [0.15, 0.2) is 12.7 Å². The minimum absolute atomic E-state index is 0.829. The van der Waals surface area contributed by atoms with Gasteiger partial charge in [0, 0.05) is 0 Å². The molecule has 1 aliphatic rings. The summed E-state index contributed by atoms with van der Waals surface area (Å²) in [6.07, 6.45) is 4.85. The fourth-order valence-corrected chi connectivity index (χ4v) is 1.78. The molecular weight excluding hydrogens is 108 g/mol. The first-order valence-electron chi connectivity index (χ1n) is 3.92. The minimum Gasteiger partial charge on any atom is -0.103 e. The molecule has 0 bridgehead atoms. The Kier molecular flexibility index (Phi) is 1.94. The predicted molar refractivity (Wildman–Crippen MR) is 41.2 cm³/mol. The van der Waals surface area contributed by atoms with Crippen LogP contribution in [-0.2, 0) is 0 Å². The molecule has 0 aromatic rings. The van der Waals surface area contributed by atoms with Crippen LogP contribution in [0.25, 0.3) is 0 Å². The van der Waals surface area contributed by atoms with E-state index in [1.165, 1.54) is 12.8 Å². The summed E-state index contributed by atoms with van der Waals surface area (Å²) in [6, 6.07) is 0. The van der Waals surface area contributed by atoms with Crippen LogP contribution < -0.4 is 0 Å². The zero-order chi connectivity index (χ0) is 6.85. The van der Waals surface area contributed by atoms with Crippen LogP contribution in [0, 0.1) is 17.8 Å². The van der Waals surface area contributed by atoms with Crippen LogP contribution in [-0.4, -0.2) is 0 Å². The molecule has 0 N–H and O–H groups in total. The van der Waals surface area contributed by atoms with Crippen molar-refractivity contribution in [2.75, 3.05) is 0 Å². The fourth-order valence-electron chi connectivity index (χ4n) is 1.78. The van der Waals surface area contributed by atoms with E-state index in [1.807, 2.05) is 0 Å². The van der Waals surface area contributed by atoms with Crippen molar-refractivity contribution in [3.8, 4) is 0 Å². The lowest BCUT2D eigenvalue weighted by Crippen LogP contribution is -2.32. The largest absolute Gasteiger partial charge is 0.103 e. The summed E-state index contributed by atoms with van der Waals surface area (Å²) >= 11 is 0. The maximum atomic E-state index is 3.80. The average molecular weight is 124 g/mol. The smallest absolute Gasteiger partial charge is 0.0205 e. The topological polar surface area (TPSA) is 0 Å². The van der Waals surface area contributed by atoms with E-state index < -0.39 is 0 Å². The van der Waals surface area contributed by atoms with Crippen LogP contribution in [0.5, 0.6) is 0 Å². The standard InChI is InChI=1S/C9H16/c1-4-8-6-9(5-2)7(8)3/h4,7-9H,1,5-6H2,2-3H3. The van der Waals surface area contributed by atoms with E-state index in [-0.39, 0.29) is 0 Å². The molecule has 3 unspecified atom stereocenters. The Labute approximate surface area is 58.0 Å². The summed E-state index contributed by atoms with van der Waals surface area (Å²) in [5.74, 6) is 2.73. The molecule has 52 valence electrons. The van der Waals surface area contributed by atoms with E-state index in [1.54, 1.807) is 0 Å². The molecule has 0 aliphatic heterocycles. The van der Waals surface area contributed by atoms with E-state index in [0.717, 1.165) is 17.8 Å². The van der Waals surface area contributed by atoms with Crippen molar-refractivity contribution in [1.29, 1.82) is 0 Å². The number of hydrogen-bond acceptors (Lipinski definition) is 0. The summed E-state index contributed by atoms with van der Waals surface area (Å²) in [5, 5.41) is 0. The molecule has 0 radical (unpaired) electrons. The van der Waals surface area contributed by atoms with Crippen molar-refractivity contribution in [2.24, 2.45) is 17.8 Å². The number of rotatable bonds is 2. The third kappa shape index (κ3) is 1.03. The van der Waals surface area contributed by atoms with Crippen molar-refractivity contribution in [1.82, 2.24) is 0 Å². The van der Waals surface area contributed by atoms with Crippen LogP contribution in [0.2, 0.25) is 0 Å². The maximum absolute atomic E-state index is 3.80. The minimum atomic E-state index is 0.829. The maximum Gasteiger partial charge on any atom is -0.0205 e. The summed E-state index contributed by atoms with van der Waals surface area (Å²) in [5.41, 5.74) is 0. The highest BCUT2D eigenvalue weighted by Crippen LogP contribution is 2.42. The van der Waals surface area contributed by atoms with E-state index in [4.69, 9.17) is 0 Å². The molecule has 0 aromatic carbocycles. The van der Waals surface area contributed by atoms with E-state index in [0.29, 0.717) is 0 Å². The monoisotopic (exact) mass is 124 g/mol. The summed E-state index contributed by atoms with van der Waals surface area (Å²) in [4.78, 5) is 0. The first kappa shape index (κ1) is 6.85.